The van der Waals surface area contributed by atoms with E-state index in [-0.39, 0.29) is 0 Å². The second-order valence-electron chi connectivity index (χ2n) is 4.44. The Balaban J connectivity index is 2.24. The molecule has 0 spiro atoms. The molecular weight excluding hydrogens is 278 g/mol. The molecule has 0 radical (unpaired) electrons. The summed E-state index contributed by atoms with van der Waals surface area (Å²) in [6, 6.07) is 7.37. The van der Waals surface area contributed by atoms with Gasteiger partial charge in [0.15, 0.2) is 0 Å². The lowest BCUT2D eigenvalue weighted by Gasteiger charge is -2.11. The molecule has 106 valence electrons. The van der Waals surface area contributed by atoms with Crippen LogP contribution in [-0.2, 0) is 13.7 Å². The Kier molecular flexibility index (Phi) is 4.29. The molecule has 0 saturated heterocycles. The number of hydrogen-bond acceptors (Lipinski definition) is 4. The van der Waals surface area contributed by atoms with Gasteiger partial charge in [0.2, 0.25) is 0 Å². The molecule has 1 heterocycles. The van der Waals surface area contributed by atoms with Crippen molar-refractivity contribution in [3.63, 3.8) is 0 Å². The molecule has 0 atom stereocenters. The fraction of sp³-hybridized carbons (Fsp3) is 0.286. The van der Waals surface area contributed by atoms with Gasteiger partial charge in [-0.2, -0.15) is 5.10 Å². The van der Waals surface area contributed by atoms with Crippen LogP contribution in [-0.4, -0.2) is 20.7 Å². The van der Waals surface area contributed by atoms with E-state index in [0.717, 1.165) is 17.0 Å². The van der Waals surface area contributed by atoms with Gasteiger partial charge < -0.3 is 9.94 Å². The first-order chi connectivity index (χ1) is 9.54. The highest BCUT2D eigenvalue weighted by molar-refractivity contribution is 6.31. The average molecular weight is 294 g/mol. The topological polar surface area (TPSA) is 59.6 Å². The maximum absolute atomic E-state index is 8.89. The third kappa shape index (κ3) is 2.77. The van der Waals surface area contributed by atoms with Gasteiger partial charge >= 0.3 is 0 Å². The number of aromatic nitrogens is 2. The van der Waals surface area contributed by atoms with Crippen LogP contribution >= 0.6 is 11.6 Å². The van der Waals surface area contributed by atoms with Crippen LogP contribution in [0.1, 0.15) is 23.9 Å². The van der Waals surface area contributed by atoms with Crippen LogP contribution in [0.4, 0.5) is 0 Å². The van der Waals surface area contributed by atoms with E-state index >= 15 is 0 Å². The Morgan fingerprint density at radius 1 is 1.45 bits per heavy atom. The van der Waals surface area contributed by atoms with Crippen LogP contribution in [0.2, 0.25) is 5.02 Å². The van der Waals surface area contributed by atoms with Crippen molar-refractivity contribution in [3.05, 3.63) is 46.2 Å². The van der Waals surface area contributed by atoms with Crippen LogP contribution in [0.25, 0.3) is 0 Å². The maximum atomic E-state index is 8.89. The fourth-order valence-electron chi connectivity index (χ4n) is 1.93. The average Bonchev–Trinajstić information content (AvgIpc) is 2.70. The van der Waals surface area contributed by atoms with Crippen molar-refractivity contribution in [1.29, 1.82) is 0 Å². The Labute approximate surface area is 122 Å². The molecule has 20 heavy (non-hydrogen) atoms. The predicted octanol–water partition coefficient (Wildman–Crippen LogP) is 3.16. The molecule has 2 aromatic rings. The zero-order valence-corrected chi connectivity index (χ0v) is 12.3. The van der Waals surface area contributed by atoms with E-state index in [1.807, 2.05) is 38.2 Å². The SMILES string of the molecule is CC(=NO)c1ccccc1OCc1c(Cl)c(C)nn1C. The van der Waals surface area contributed by atoms with Gasteiger partial charge in [0.1, 0.15) is 12.4 Å². The summed E-state index contributed by atoms with van der Waals surface area (Å²) in [5, 5.41) is 16.9. The maximum Gasteiger partial charge on any atom is 0.131 e. The minimum Gasteiger partial charge on any atom is -0.487 e. The van der Waals surface area contributed by atoms with Gasteiger partial charge in [0.05, 0.1) is 22.1 Å². The number of hydrogen-bond donors (Lipinski definition) is 1. The molecule has 2 rings (SSSR count). The van der Waals surface area contributed by atoms with E-state index < -0.39 is 0 Å². The molecule has 1 aromatic carbocycles. The van der Waals surface area contributed by atoms with Gasteiger partial charge in [0, 0.05) is 12.6 Å². The lowest BCUT2D eigenvalue weighted by molar-refractivity contribution is 0.293. The van der Waals surface area contributed by atoms with Crippen molar-refractivity contribution in [2.75, 3.05) is 0 Å². The van der Waals surface area contributed by atoms with Crippen molar-refractivity contribution in [2.24, 2.45) is 12.2 Å². The second-order valence-corrected chi connectivity index (χ2v) is 4.82. The van der Waals surface area contributed by atoms with Crippen LogP contribution < -0.4 is 4.74 Å². The highest BCUT2D eigenvalue weighted by Gasteiger charge is 2.13. The van der Waals surface area contributed by atoms with Crippen molar-refractivity contribution in [2.45, 2.75) is 20.5 Å². The van der Waals surface area contributed by atoms with Gasteiger partial charge in [-0.15, -0.1) is 0 Å². The molecule has 1 aromatic heterocycles. The predicted molar refractivity (Wildman–Crippen MR) is 77.7 cm³/mol. The number of halogens is 1. The highest BCUT2D eigenvalue weighted by atomic mass is 35.5. The lowest BCUT2D eigenvalue weighted by Crippen LogP contribution is -2.06. The van der Waals surface area contributed by atoms with E-state index in [9.17, 15) is 0 Å². The van der Waals surface area contributed by atoms with Gasteiger partial charge in [-0.1, -0.05) is 28.9 Å². The minimum absolute atomic E-state index is 0.298. The Morgan fingerprint density at radius 2 is 2.15 bits per heavy atom. The molecule has 0 aliphatic heterocycles. The smallest absolute Gasteiger partial charge is 0.131 e. The largest absolute Gasteiger partial charge is 0.487 e. The normalized spacial score (nSPS) is 11.7. The summed E-state index contributed by atoms with van der Waals surface area (Å²) in [7, 11) is 1.82. The monoisotopic (exact) mass is 293 g/mol. The molecule has 0 bridgehead atoms. The summed E-state index contributed by atoms with van der Waals surface area (Å²) in [6.07, 6.45) is 0. The van der Waals surface area contributed by atoms with Crippen molar-refractivity contribution in [3.8, 4) is 5.75 Å². The highest BCUT2D eigenvalue weighted by Crippen LogP contribution is 2.24. The number of nitrogens with zero attached hydrogens (tertiary/aromatic N) is 3. The Bertz CT molecular complexity index is 650. The summed E-state index contributed by atoms with van der Waals surface area (Å²) >= 11 is 6.18. The number of para-hydroxylation sites is 1. The molecule has 5 nitrogen and oxygen atoms in total. The minimum atomic E-state index is 0.298. The van der Waals surface area contributed by atoms with Crippen LogP contribution in [0, 0.1) is 6.92 Å². The van der Waals surface area contributed by atoms with E-state index in [1.54, 1.807) is 11.6 Å². The molecular formula is C14H16ClN3O2. The van der Waals surface area contributed by atoms with Crippen LogP contribution in [0.15, 0.2) is 29.4 Å². The van der Waals surface area contributed by atoms with E-state index in [4.69, 9.17) is 21.5 Å². The van der Waals surface area contributed by atoms with Gasteiger partial charge in [0.25, 0.3) is 0 Å². The fourth-order valence-corrected chi connectivity index (χ4v) is 2.14. The standard InChI is InChI=1S/C14H16ClN3O2/c1-9(17-19)11-6-4-5-7-13(11)20-8-12-14(15)10(2)16-18(12)3/h4-7,19H,8H2,1-3H3. The first-order valence-corrected chi connectivity index (χ1v) is 6.51. The van der Waals surface area contributed by atoms with Crippen LogP contribution in [0.3, 0.4) is 0 Å². The second kappa shape index (κ2) is 5.96. The zero-order valence-electron chi connectivity index (χ0n) is 11.6. The molecule has 6 heteroatoms. The summed E-state index contributed by atoms with van der Waals surface area (Å²) in [6.45, 7) is 3.86. The quantitative estimate of drug-likeness (QED) is 0.535. The Morgan fingerprint density at radius 3 is 2.75 bits per heavy atom. The van der Waals surface area contributed by atoms with Crippen molar-refractivity contribution in [1.82, 2.24) is 9.78 Å². The van der Waals surface area contributed by atoms with Gasteiger partial charge in [-0.05, 0) is 26.0 Å². The molecule has 0 fully saturated rings. The summed E-state index contributed by atoms with van der Waals surface area (Å²) in [5.74, 6) is 0.637. The van der Waals surface area contributed by atoms with Crippen molar-refractivity contribution < 1.29 is 9.94 Å². The van der Waals surface area contributed by atoms with E-state index in [1.165, 1.54) is 0 Å². The zero-order chi connectivity index (χ0) is 14.7. The van der Waals surface area contributed by atoms with Gasteiger partial charge in [-0.3, -0.25) is 4.68 Å². The third-order valence-corrected chi connectivity index (χ3v) is 3.54. The van der Waals surface area contributed by atoms with E-state index in [2.05, 4.69) is 10.3 Å². The van der Waals surface area contributed by atoms with E-state index in [0.29, 0.717) is 23.1 Å². The first-order valence-electron chi connectivity index (χ1n) is 6.13. The summed E-state index contributed by atoms with van der Waals surface area (Å²) in [4.78, 5) is 0. The molecule has 0 aliphatic carbocycles. The number of oxime groups is 1. The van der Waals surface area contributed by atoms with Crippen molar-refractivity contribution >= 4 is 17.3 Å². The Hall–Kier alpha value is -2.01. The van der Waals surface area contributed by atoms with Gasteiger partial charge in [-0.25, -0.2) is 0 Å². The molecule has 1 N–H and O–H groups in total. The molecule has 0 saturated carbocycles. The number of aryl methyl sites for hydroxylation is 2. The molecule has 0 amide bonds. The first kappa shape index (κ1) is 14.4. The lowest BCUT2D eigenvalue weighted by atomic mass is 10.1. The molecule has 0 unspecified atom stereocenters. The molecule has 0 aliphatic rings. The number of rotatable bonds is 4. The number of benzene rings is 1. The summed E-state index contributed by atoms with van der Waals surface area (Å²) in [5.41, 5.74) is 2.81. The van der Waals surface area contributed by atoms with Crippen LogP contribution in [0.5, 0.6) is 5.75 Å². The summed E-state index contributed by atoms with van der Waals surface area (Å²) < 4.78 is 7.49. The third-order valence-electron chi connectivity index (χ3n) is 3.05. The number of ether oxygens (including phenoxy) is 1.